The highest BCUT2D eigenvalue weighted by Gasteiger charge is 2.19. The van der Waals surface area contributed by atoms with Gasteiger partial charge in [-0.3, -0.25) is 0 Å². The van der Waals surface area contributed by atoms with E-state index in [9.17, 15) is 10.1 Å². The van der Waals surface area contributed by atoms with Gasteiger partial charge in [0.1, 0.15) is 11.6 Å². The molecule has 4 rings (SSSR count). The molecule has 0 radical (unpaired) electrons. The molecule has 1 atom stereocenters. The molecule has 150 valence electrons. The Morgan fingerprint density at radius 3 is 2.83 bits per heavy atom. The van der Waals surface area contributed by atoms with Crippen LogP contribution in [0.25, 0.3) is 0 Å². The fourth-order valence-corrected chi connectivity index (χ4v) is 3.11. The first-order chi connectivity index (χ1) is 14.1. The smallest absolute Gasteiger partial charge is 0.363 e. The molecule has 0 amide bonds. The minimum atomic E-state index is -0.558. The minimum absolute atomic E-state index is 0.0310. The molecule has 1 saturated heterocycles. The van der Waals surface area contributed by atoms with Gasteiger partial charge >= 0.3 is 5.82 Å². The Morgan fingerprint density at radius 1 is 1.21 bits per heavy atom. The summed E-state index contributed by atoms with van der Waals surface area (Å²) in [5, 5.41) is 18.5. The molecule has 0 aliphatic carbocycles. The number of nitrogens with one attached hydrogen (secondary N) is 1. The number of nitrogens with zero attached hydrogens (tertiary/aromatic N) is 5. The van der Waals surface area contributed by atoms with Crippen molar-refractivity contribution in [1.29, 1.82) is 0 Å². The van der Waals surface area contributed by atoms with Crippen LogP contribution in [0.2, 0.25) is 0 Å². The molecular formula is C19H20N6O4. The number of hydrogen-bond donors (Lipinski definition) is 1. The maximum absolute atomic E-state index is 10.7. The molecule has 29 heavy (non-hydrogen) atoms. The topological polar surface area (TPSA) is 117 Å². The molecule has 0 aromatic carbocycles. The van der Waals surface area contributed by atoms with Gasteiger partial charge in [0.15, 0.2) is 24.0 Å². The number of ether oxygens (including phenoxy) is 2. The average Bonchev–Trinajstić information content (AvgIpc) is 3.09. The van der Waals surface area contributed by atoms with E-state index in [-0.39, 0.29) is 12.0 Å². The van der Waals surface area contributed by atoms with Gasteiger partial charge in [-0.1, -0.05) is 0 Å². The number of aromatic nitrogens is 4. The molecule has 4 heterocycles. The van der Waals surface area contributed by atoms with Gasteiger partial charge in [0, 0.05) is 36.7 Å². The van der Waals surface area contributed by atoms with Crippen molar-refractivity contribution >= 4 is 17.5 Å². The molecule has 1 fully saturated rings. The summed E-state index contributed by atoms with van der Waals surface area (Å²) < 4.78 is 13.4. The Balaban J connectivity index is 1.45. The molecule has 1 unspecified atom stereocenters. The van der Waals surface area contributed by atoms with E-state index >= 15 is 0 Å². The lowest BCUT2D eigenvalue weighted by Crippen LogP contribution is -2.20. The number of hydrogen-bond acceptors (Lipinski definition) is 8. The molecule has 10 nitrogen and oxygen atoms in total. The standard InChI is InChI=1S/C19H20N6O4/c1-13-10-17(23-24(13)19-4-2-3-9-28-19)22-16-11-14(7-8-20-16)29-15-5-6-18(21-12-15)25(26)27/h5-8,10-12,19H,2-4,9H2,1H3,(H,20,22,23). The van der Waals surface area contributed by atoms with E-state index in [4.69, 9.17) is 9.47 Å². The van der Waals surface area contributed by atoms with Crippen LogP contribution in [0.4, 0.5) is 17.5 Å². The van der Waals surface area contributed by atoms with E-state index < -0.39 is 4.92 Å². The van der Waals surface area contributed by atoms with E-state index in [1.165, 1.54) is 18.3 Å². The van der Waals surface area contributed by atoms with E-state index in [0.29, 0.717) is 23.1 Å². The van der Waals surface area contributed by atoms with Gasteiger partial charge in [-0.2, -0.15) is 5.10 Å². The van der Waals surface area contributed by atoms with Crippen molar-refractivity contribution in [2.24, 2.45) is 0 Å². The summed E-state index contributed by atoms with van der Waals surface area (Å²) in [6, 6.07) is 8.12. The molecule has 0 saturated carbocycles. The van der Waals surface area contributed by atoms with Crippen LogP contribution in [0.5, 0.6) is 11.5 Å². The van der Waals surface area contributed by atoms with Gasteiger partial charge in [-0.05, 0) is 48.2 Å². The summed E-state index contributed by atoms with van der Waals surface area (Å²) in [4.78, 5) is 18.2. The maximum Gasteiger partial charge on any atom is 0.363 e. The van der Waals surface area contributed by atoms with Crippen molar-refractivity contribution in [3.8, 4) is 11.5 Å². The van der Waals surface area contributed by atoms with E-state index in [2.05, 4.69) is 20.4 Å². The molecule has 3 aromatic heterocycles. The van der Waals surface area contributed by atoms with Gasteiger partial charge < -0.3 is 24.9 Å². The highest BCUT2D eigenvalue weighted by molar-refractivity contribution is 5.54. The SMILES string of the molecule is Cc1cc(Nc2cc(Oc3ccc([N+](=O)[O-])nc3)ccn2)nn1C1CCCCO1. The van der Waals surface area contributed by atoms with Crippen LogP contribution in [-0.2, 0) is 4.74 Å². The van der Waals surface area contributed by atoms with Gasteiger partial charge in [-0.25, -0.2) is 9.67 Å². The molecule has 3 aromatic rings. The van der Waals surface area contributed by atoms with Crippen LogP contribution in [0.3, 0.4) is 0 Å². The molecule has 1 N–H and O–H groups in total. The highest BCUT2D eigenvalue weighted by Crippen LogP contribution is 2.27. The van der Waals surface area contributed by atoms with Gasteiger partial charge in [0.05, 0.1) is 0 Å². The fraction of sp³-hybridized carbons (Fsp3) is 0.316. The first kappa shape index (κ1) is 18.8. The van der Waals surface area contributed by atoms with Crippen molar-refractivity contribution in [2.75, 3.05) is 11.9 Å². The van der Waals surface area contributed by atoms with Crippen molar-refractivity contribution < 1.29 is 14.4 Å². The van der Waals surface area contributed by atoms with E-state index in [1.54, 1.807) is 18.3 Å². The summed E-state index contributed by atoms with van der Waals surface area (Å²) in [5.74, 6) is 1.90. The fourth-order valence-electron chi connectivity index (χ4n) is 3.11. The zero-order valence-corrected chi connectivity index (χ0v) is 15.8. The lowest BCUT2D eigenvalue weighted by atomic mass is 10.2. The number of anilines is 2. The van der Waals surface area contributed by atoms with Crippen LogP contribution in [-0.4, -0.2) is 31.3 Å². The lowest BCUT2D eigenvalue weighted by Gasteiger charge is -2.23. The Morgan fingerprint density at radius 2 is 2.10 bits per heavy atom. The van der Waals surface area contributed by atoms with Gasteiger partial charge in [0.25, 0.3) is 0 Å². The zero-order valence-electron chi connectivity index (χ0n) is 15.8. The van der Waals surface area contributed by atoms with Crippen LogP contribution >= 0.6 is 0 Å². The van der Waals surface area contributed by atoms with Gasteiger partial charge in [-0.15, -0.1) is 0 Å². The van der Waals surface area contributed by atoms with E-state index in [0.717, 1.165) is 31.6 Å². The molecular weight excluding hydrogens is 376 g/mol. The second-order valence-electron chi connectivity index (χ2n) is 6.65. The number of pyridine rings is 2. The average molecular weight is 396 g/mol. The minimum Gasteiger partial charge on any atom is -0.453 e. The third kappa shape index (κ3) is 4.49. The summed E-state index contributed by atoms with van der Waals surface area (Å²) in [5.41, 5.74) is 1.00. The second kappa shape index (κ2) is 8.23. The number of rotatable bonds is 6. The summed E-state index contributed by atoms with van der Waals surface area (Å²) in [6.07, 6.45) is 6.04. The Labute approximate surface area is 166 Å². The molecule has 10 heteroatoms. The van der Waals surface area contributed by atoms with Crippen molar-refractivity contribution in [3.63, 3.8) is 0 Å². The van der Waals surface area contributed by atoms with E-state index in [1.807, 2.05) is 17.7 Å². The summed E-state index contributed by atoms with van der Waals surface area (Å²) in [6.45, 7) is 2.75. The quantitative estimate of drug-likeness (QED) is 0.488. The van der Waals surface area contributed by atoms with Crippen LogP contribution in [0, 0.1) is 17.0 Å². The van der Waals surface area contributed by atoms with Crippen LogP contribution < -0.4 is 10.1 Å². The second-order valence-corrected chi connectivity index (χ2v) is 6.65. The first-order valence-electron chi connectivity index (χ1n) is 9.27. The molecule has 1 aliphatic heterocycles. The predicted octanol–water partition coefficient (Wildman–Crippen LogP) is 4.12. The van der Waals surface area contributed by atoms with Crippen LogP contribution in [0.15, 0.2) is 42.7 Å². The number of nitro groups is 1. The third-order valence-electron chi connectivity index (χ3n) is 4.48. The summed E-state index contributed by atoms with van der Waals surface area (Å²) >= 11 is 0. The monoisotopic (exact) mass is 396 g/mol. The largest absolute Gasteiger partial charge is 0.453 e. The van der Waals surface area contributed by atoms with Gasteiger partial charge in [0.2, 0.25) is 0 Å². The lowest BCUT2D eigenvalue weighted by molar-refractivity contribution is -0.389. The zero-order chi connectivity index (χ0) is 20.2. The highest BCUT2D eigenvalue weighted by atomic mass is 16.6. The maximum atomic E-state index is 10.7. The Hall–Kier alpha value is -3.53. The number of aryl methyl sites for hydroxylation is 1. The third-order valence-corrected chi connectivity index (χ3v) is 4.48. The van der Waals surface area contributed by atoms with Crippen LogP contribution in [0.1, 0.15) is 31.2 Å². The normalized spacial score (nSPS) is 16.4. The predicted molar refractivity (Wildman–Crippen MR) is 104 cm³/mol. The molecule has 0 bridgehead atoms. The first-order valence-corrected chi connectivity index (χ1v) is 9.27. The Kier molecular flexibility index (Phi) is 5.34. The Bertz CT molecular complexity index is 998. The molecule has 0 spiro atoms. The van der Waals surface area contributed by atoms with Crippen molar-refractivity contribution in [3.05, 3.63) is 58.5 Å². The molecule has 1 aliphatic rings. The van der Waals surface area contributed by atoms with Crippen molar-refractivity contribution in [2.45, 2.75) is 32.4 Å². The summed E-state index contributed by atoms with van der Waals surface area (Å²) in [7, 11) is 0. The van der Waals surface area contributed by atoms with Crippen molar-refractivity contribution in [1.82, 2.24) is 19.7 Å².